The summed E-state index contributed by atoms with van der Waals surface area (Å²) in [6.07, 6.45) is 3.13. The molecule has 3 N–H and O–H groups in total. The molecular weight excluding hydrogens is 529 g/mol. The van der Waals surface area contributed by atoms with Crippen LogP contribution >= 0.6 is 24.0 Å². The van der Waals surface area contributed by atoms with Gasteiger partial charge in [0, 0.05) is 19.6 Å². The molecule has 10 heteroatoms. The molecule has 0 aliphatic carbocycles. The maximum atomic E-state index is 11.5. The Morgan fingerprint density at radius 2 is 1.94 bits per heavy atom. The zero-order chi connectivity index (χ0) is 21.8. The van der Waals surface area contributed by atoms with Gasteiger partial charge in [-0.1, -0.05) is 12.1 Å². The third kappa shape index (κ3) is 9.92. The van der Waals surface area contributed by atoms with Crippen LogP contribution in [0.25, 0.3) is 0 Å². The zero-order valence-corrected chi connectivity index (χ0v) is 22.0. The van der Waals surface area contributed by atoms with Gasteiger partial charge in [-0.25, -0.2) is 13.1 Å². The topological polar surface area (TPSA) is 95.1 Å². The molecule has 0 radical (unpaired) electrons. The number of hydrogen-bond acceptors (Lipinski definition) is 5. The minimum Gasteiger partial charge on any atom is -0.497 e. The number of guanidine groups is 1. The van der Waals surface area contributed by atoms with E-state index in [4.69, 9.17) is 9.73 Å². The number of rotatable bonds is 12. The number of halogens is 1. The van der Waals surface area contributed by atoms with Crippen LogP contribution in [0.15, 0.2) is 29.3 Å². The highest BCUT2D eigenvalue weighted by molar-refractivity contribution is 14.0. The van der Waals surface area contributed by atoms with Gasteiger partial charge in [-0.2, -0.15) is 0 Å². The number of methoxy groups -OCH3 is 1. The molecule has 0 spiro atoms. The first-order chi connectivity index (χ1) is 14.5. The minimum atomic E-state index is -3.14. The van der Waals surface area contributed by atoms with Crippen LogP contribution in [0.5, 0.6) is 5.75 Å². The second-order valence-electron chi connectivity index (χ2n) is 7.33. The van der Waals surface area contributed by atoms with E-state index in [1.807, 2.05) is 19.1 Å². The average molecular weight is 568 g/mol. The maximum Gasteiger partial charge on any atom is 0.211 e. The van der Waals surface area contributed by atoms with Crippen LogP contribution in [0, 0.1) is 0 Å². The summed E-state index contributed by atoms with van der Waals surface area (Å²) >= 11 is 0. The van der Waals surface area contributed by atoms with Crippen molar-refractivity contribution in [3.8, 4) is 5.75 Å². The summed E-state index contributed by atoms with van der Waals surface area (Å²) < 4.78 is 31.0. The van der Waals surface area contributed by atoms with E-state index in [0.29, 0.717) is 26.1 Å². The summed E-state index contributed by atoms with van der Waals surface area (Å²) in [5, 5.41) is 6.58. The molecule has 31 heavy (non-hydrogen) atoms. The Labute approximate surface area is 204 Å². The van der Waals surface area contributed by atoms with Gasteiger partial charge in [-0.05, 0) is 63.9 Å². The van der Waals surface area contributed by atoms with E-state index in [2.05, 4.69) is 32.4 Å². The van der Waals surface area contributed by atoms with Gasteiger partial charge in [-0.15, -0.1) is 24.0 Å². The van der Waals surface area contributed by atoms with Crippen molar-refractivity contribution in [2.75, 3.05) is 52.1 Å². The van der Waals surface area contributed by atoms with Gasteiger partial charge in [0.05, 0.1) is 25.4 Å². The van der Waals surface area contributed by atoms with Crippen LogP contribution in [0.2, 0.25) is 0 Å². The molecule has 1 saturated heterocycles. The van der Waals surface area contributed by atoms with Crippen LogP contribution in [0.1, 0.15) is 44.7 Å². The molecule has 2 rings (SSSR count). The predicted octanol–water partition coefficient (Wildman–Crippen LogP) is 2.33. The number of ether oxygens (including phenoxy) is 1. The maximum absolute atomic E-state index is 11.5. The molecule has 1 atom stereocenters. The first kappa shape index (κ1) is 27.9. The van der Waals surface area contributed by atoms with Gasteiger partial charge in [-0.3, -0.25) is 9.89 Å². The van der Waals surface area contributed by atoms with Crippen molar-refractivity contribution in [3.05, 3.63) is 29.8 Å². The van der Waals surface area contributed by atoms with Crippen LogP contribution < -0.4 is 20.1 Å². The van der Waals surface area contributed by atoms with Crippen LogP contribution in [-0.2, 0) is 10.0 Å². The number of nitrogens with zero attached hydrogens (tertiary/aromatic N) is 2. The lowest BCUT2D eigenvalue weighted by Gasteiger charge is -2.27. The highest BCUT2D eigenvalue weighted by atomic mass is 127. The monoisotopic (exact) mass is 567 g/mol. The Hall–Kier alpha value is -1.11. The normalized spacial score (nSPS) is 15.9. The Kier molecular flexibility index (Phi) is 13.4. The fraction of sp³-hybridized carbons (Fsp3) is 0.667. The number of likely N-dealkylation sites (tertiary alicyclic amines) is 1. The van der Waals surface area contributed by atoms with Crippen molar-refractivity contribution < 1.29 is 13.2 Å². The van der Waals surface area contributed by atoms with Crippen molar-refractivity contribution in [2.24, 2.45) is 4.99 Å². The van der Waals surface area contributed by atoms with Gasteiger partial charge < -0.3 is 15.4 Å². The summed E-state index contributed by atoms with van der Waals surface area (Å²) in [6.45, 7) is 8.31. The Morgan fingerprint density at radius 3 is 2.58 bits per heavy atom. The van der Waals surface area contributed by atoms with Crippen molar-refractivity contribution in [1.82, 2.24) is 20.3 Å². The third-order valence-electron chi connectivity index (χ3n) is 5.17. The molecule has 8 nitrogen and oxygen atoms in total. The number of aliphatic imine (C=N–C) groups is 1. The molecule has 1 aliphatic heterocycles. The minimum absolute atomic E-state index is 0. The summed E-state index contributed by atoms with van der Waals surface area (Å²) in [5.74, 6) is 1.72. The van der Waals surface area contributed by atoms with E-state index in [0.717, 1.165) is 31.3 Å². The Balaban J connectivity index is 0.00000480. The van der Waals surface area contributed by atoms with E-state index >= 15 is 0 Å². The molecule has 1 aliphatic rings. The van der Waals surface area contributed by atoms with Gasteiger partial charge in [0.15, 0.2) is 5.96 Å². The van der Waals surface area contributed by atoms with Gasteiger partial charge in [0.2, 0.25) is 10.0 Å². The lowest BCUT2D eigenvalue weighted by molar-refractivity contribution is 0.251. The SMILES string of the molecule is CCNC(=NCC(c1cccc(OC)c1)N1CCCC1)NCCCNS(=O)(=O)CC.I. The van der Waals surface area contributed by atoms with Gasteiger partial charge in [0.1, 0.15) is 5.75 Å². The van der Waals surface area contributed by atoms with Gasteiger partial charge in [0.25, 0.3) is 0 Å². The van der Waals surface area contributed by atoms with E-state index in [9.17, 15) is 8.42 Å². The highest BCUT2D eigenvalue weighted by Crippen LogP contribution is 2.27. The molecule has 1 heterocycles. The average Bonchev–Trinajstić information content (AvgIpc) is 3.28. The lowest BCUT2D eigenvalue weighted by atomic mass is 10.1. The largest absolute Gasteiger partial charge is 0.497 e. The highest BCUT2D eigenvalue weighted by Gasteiger charge is 2.23. The Morgan fingerprint density at radius 1 is 1.19 bits per heavy atom. The molecule has 1 aromatic carbocycles. The number of hydrogen-bond donors (Lipinski definition) is 3. The number of nitrogens with one attached hydrogen (secondary N) is 3. The zero-order valence-electron chi connectivity index (χ0n) is 18.9. The van der Waals surface area contributed by atoms with E-state index in [1.54, 1.807) is 14.0 Å². The summed E-state index contributed by atoms with van der Waals surface area (Å²) in [6, 6.07) is 8.43. The van der Waals surface area contributed by atoms with Crippen molar-refractivity contribution in [3.63, 3.8) is 0 Å². The standard InChI is InChI=1S/C21H37N5O3S.HI/c1-4-22-21(23-12-9-13-25-30(27,28)5-2)24-17-20(26-14-6-7-15-26)18-10-8-11-19(16-18)29-3;/h8,10-11,16,20,25H,4-7,9,12-15,17H2,1-3H3,(H2,22,23,24);1H. The molecule has 1 aromatic rings. The predicted molar refractivity (Wildman–Crippen MR) is 138 cm³/mol. The number of sulfonamides is 1. The third-order valence-corrected chi connectivity index (χ3v) is 6.58. The second-order valence-corrected chi connectivity index (χ2v) is 9.43. The molecule has 0 bridgehead atoms. The molecule has 0 saturated carbocycles. The Bertz CT molecular complexity index is 770. The van der Waals surface area contributed by atoms with E-state index in [1.165, 1.54) is 18.4 Å². The first-order valence-corrected chi connectivity index (χ1v) is 12.5. The summed E-state index contributed by atoms with van der Waals surface area (Å²) in [5.41, 5.74) is 1.21. The number of benzene rings is 1. The molecule has 0 amide bonds. The van der Waals surface area contributed by atoms with Crippen molar-refractivity contribution in [2.45, 2.75) is 39.2 Å². The summed E-state index contributed by atoms with van der Waals surface area (Å²) in [4.78, 5) is 7.31. The van der Waals surface area contributed by atoms with E-state index < -0.39 is 10.0 Å². The first-order valence-electron chi connectivity index (χ1n) is 10.9. The van der Waals surface area contributed by atoms with Crippen molar-refractivity contribution >= 4 is 40.0 Å². The summed E-state index contributed by atoms with van der Waals surface area (Å²) in [7, 11) is -1.45. The van der Waals surface area contributed by atoms with Crippen LogP contribution in [0.3, 0.4) is 0 Å². The quantitative estimate of drug-likeness (QED) is 0.155. The smallest absolute Gasteiger partial charge is 0.211 e. The molecule has 0 aromatic heterocycles. The molecule has 178 valence electrons. The fourth-order valence-corrected chi connectivity index (χ4v) is 4.14. The van der Waals surface area contributed by atoms with Crippen LogP contribution in [0.4, 0.5) is 0 Å². The molecule has 1 unspecified atom stereocenters. The van der Waals surface area contributed by atoms with Crippen LogP contribution in [-0.4, -0.2) is 71.4 Å². The molecular formula is C21H38IN5O3S. The van der Waals surface area contributed by atoms with Gasteiger partial charge >= 0.3 is 0 Å². The second kappa shape index (κ2) is 14.9. The molecule has 1 fully saturated rings. The fourth-order valence-electron chi connectivity index (χ4n) is 3.48. The van der Waals surface area contributed by atoms with Crippen molar-refractivity contribution in [1.29, 1.82) is 0 Å². The van der Waals surface area contributed by atoms with E-state index in [-0.39, 0.29) is 35.8 Å². The lowest BCUT2D eigenvalue weighted by Crippen LogP contribution is -2.39.